The van der Waals surface area contributed by atoms with Gasteiger partial charge < -0.3 is 9.88 Å². The summed E-state index contributed by atoms with van der Waals surface area (Å²) in [5.74, 6) is 0. The zero-order valence-corrected chi connectivity index (χ0v) is 37.9. The van der Waals surface area contributed by atoms with Crippen LogP contribution in [-0.2, 0) is 18.3 Å². The number of nitrogens with zero attached hydrogens (tertiary/aromatic N) is 1. The number of unbranched alkanes of at least 4 members (excludes halogenated alkanes) is 4. The highest BCUT2D eigenvalue weighted by atomic mass is 15.0. The van der Waals surface area contributed by atoms with Gasteiger partial charge in [0, 0.05) is 44.3 Å². The third kappa shape index (κ3) is 6.80. The Morgan fingerprint density at radius 2 is 1.19 bits per heavy atom. The van der Waals surface area contributed by atoms with Gasteiger partial charge in [0.15, 0.2) is 7.28 Å². The van der Waals surface area contributed by atoms with E-state index in [1.54, 1.807) is 0 Å². The first-order valence-corrected chi connectivity index (χ1v) is 23.9. The second-order valence-electron chi connectivity index (χ2n) is 18.9. The molecule has 0 fully saturated rings. The van der Waals surface area contributed by atoms with E-state index < -0.39 is 0 Å². The number of fused-ring (bicyclic) bond motifs is 8. The van der Waals surface area contributed by atoms with Crippen LogP contribution in [0.4, 0.5) is 11.4 Å². The van der Waals surface area contributed by atoms with Crippen molar-refractivity contribution in [3.8, 4) is 50.2 Å². The predicted molar refractivity (Wildman–Crippen MR) is 277 cm³/mol. The fraction of sp³-hybridized carbons (Fsp3) is 0.213. The van der Waals surface area contributed by atoms with Crippen LogP contribution >= 0.6 is 0 Å². The topological polar surface area (TPSA) is 17.0 Å². The second-order valence-corrected chi connectivity index (χ2v) is 18.9. The molecule has 64 heavy (non-hydrogen) atoms. The molecule has 1 aliphatic heterocycles. The second kappa shape index (κ2) is 16.5. The molecule has 9 aromatic rings. The number of nitrogens with one attached hydrogen (secondary N) is 1. The summed E-state index contributed by atoms with van der Waals surface area (Å²) in [6.45, 7) is 9.40. The van der Waals surface area contributed by atoms with Gasteiger partial charge >= 0.3 is 0 Å². The Labute approximate surface area is 380 Å². The van der Waals surface area contributed by atoms with Gasteiger partial charge in [-0.2, -0.15) is 0 Å². The standard InChI is InChI=1S/C61H57BN2/c1-5-7-10-20-40-30-33-43(34-31-40)63-55-39-48-46-26-16-18-28-52(46)61(3,4)53(48)38-49(55)51-37-50(45-25-15-14-24-44(45)42-22-12-9-13-23-42)58-47-27-17-19-29-56(47)64-57-35-32-41(21-11-8-6-2)36-54(57)62-59(51)60(58)64/h9,12-19,22-39,62-63H,5-8,10-11,20-21H2,1-4H3. The summed E-state index contributed by atoms with van der Waals surface area (Å²) in [4.78, 5) is 0. The van der Waals surface area contributed by atoms with Gasteiger partial charge in [-0.05, 0) is 135 Å². The molecule has 0 amide bonds. The molecule has 11 rings (SSSR count). The van der Waals surface area contributed by atoms with Crippen molar-refractivity contribution in [2.24, 2.45) is 0 Å². The maximum absolute atomic E-state index is 4.06. The van der Waals surface area contributed by atoms with E-state index in [4.69, 9.17) is 0 Å². The Kier molecular flexibility index (Phi) is 10.4. The summed E-state index contributed by atoms with van der Waals surface area (Å²) in [5, 5.41) is 6.69. The number of benzene rings is 8. The van der Waals surface area contributed by atoms with Gasteiger partial charge in [-0.3, -0.25) is 0 Å². The summed E-state index contributed by atoms with van der Waals surface area (Å²) in [7, 11) is 0.867. The lowest BCUT2D eigenvalue weighted by molar-refractivity contribution is 0.660. The highest BCUT2D eigenvalue weighted by molar-refractivity contribution is 6.73. The van der Waals surface area contributed by atoms with E-state index in [0.717, 1.165) is 31.5 Å². The molecule has 0 saturated carbocycles. The van der Waals surface area contributed by atoms with Gasteiger partial charge in [0.2, 0.25) is 0 Å². The Morgan fingerprint density at radius 3 is 1.97 bits per heavy atom. The number of anilines is 2. The monoisotopic (exact) mass is 828 g/mol. The number of rotatable bonds is 13. The van der Waals surface area contributed by atoms with Gasteiger partial charge in [-0.25, -0.2) is 0 Å². The van der Waals surface area contributed by atoms with Crippen LogP contribution in [0.5, 0.6) is 0 Å². The largest absolute Gasteiger partial charge is 0.355 e. The Hall–Kier alpha value is -6.58. The molecular formula is C61H57BN2. The average molecular weight is 829 g/mol. The van der Waals surface area contributed by atoms with E-state index in [1.165, 1.54) is 144 Å². The lowest BCUT2D eigenvalue weighted by Gasteiger charge is -2.27. The van der Waals surface area contributed by atoms with E-state index in [9.17, 15) is 0 Å². The fourth-order valence-electron chi connectivity index (χ4n) is 11.2. The third-order valence-electron chi connectivity index (χ3n) is 14.5. The van der Waals surface area contributed by atoms with Crippen LogP contribution in [0.3, 0.4) is 0 Å². The molecule has 8 aromatic carbocycles. The maximum Gasteiger partial charge on any atom is 0.198 e. The predicted octanol–water partition coefficient (Wildman–Crippen LogP) is 15.0. The molecule has 3 heteroatoms. The van der Waals surface area contributed by atoms with Gasteiger partial charge in [0.05, 0.1) is 5.52 Å². The van der Waals surface area contributed by atoms with Crippen LogP contribution < -0.4 is 16.2 Å². The van der Waals surface area contributed by atoms with Crippen LogP contribution in [0.2, 0.25) is 0 Å². The minimum atomic E-state index is -0.154. The SMILES string of the molecule is CCCCCc1ccc(Nc2cc3c(cc2-c2cc(-c4ccccc4-c4ccccc4)c4c5ccccc5n5c4c2Bc2cc(CCCCC)ccc2-5)C(C)(C)c2ccccc2-3)cc1. The van der Waals surface area contributed by atoms with E-state index in [0.29, 0.717) is 0 Å². The molecule has 0 radical (unpaired) electrons. The van der Waals surface area contributed by atoms with Crippen molar-refractivity contribution in [2.45, 2.75) is 84.5 Å². The van der Waals surface area contributed by atoms with Crippen molar-refractivity contribution in [3.63, 3.8) is 0 Å². The lowest BCUT2D eigenvalue weighted by Crippen LogP contribution is -2.37. The van der Waals surface area contributed by atoms with Crippen LogP contribution in [0, 0.1) is 0 Å². The highest BCUT2D eigenvalue weighted by Crippen LogP contribution is 2.53. The van der Waals surface area contributed by atoms with Crippen LogP contribution in [0.1, 0.15) is 88.5 Å². The van der Waals surface area contributed by atoms with E-state index >= 15 is 0 Å². The number of aryl methyl sites for hydroxylation is 2. The normalized spacial score (nSPS) is 13.1. The molecule has 0 atom stereocenters. The Bertz CT molecular complexity index is 3210. The molecule has 2 heterocycles. The zero-order chi connectivity index (χ0) is 43.4. The minimum Gasteiger partial charge on any atom is -0.355 e. The molecular weight excluding hydrogens is 771 g/mol. The van der Waals surface area contributed by atoms with Crippen molar-refractivity contribution in [1.29, 1.82) is 0 Å². The quantitative estimate of drug-likeness (QED) is 0.0905. The van der Waals surface area contributed by atoms with E-state index in [1.807, 2.05) is 0 Å². The molecule has 314 valence electrons. The molecule has 0 bridgehead atoms. The van der Waals surface area contributed by atoms with Gasteiger partial charge in [0.25, 0.3) is 0 Å². The lowest BCUT2D eigenvalue weighted by atomic mass is 9.58. The van der Waals surface area contributed by atoms with Crippen molar-refractivity contribution in [1.82, 2.24) is 4.57 Å². The average Bonchev–Trinajstić information content (AvgIpc) is 3.79. The molecule has 0 saturated heterocycles. The Balaban J connectivity index is 1.21. The number of hydrogen-bond acceptors (Lipinski definition) is 1. The van der Waals surface area contributed by atoms with Gasteiger partial charge in [0.1, 0.15) is 0 Å². The zero-order valence-electron chi connectivity index (χ0n) is 37.9. The number of aromatic nitrogens is 1. The molecule has 0 unspecified atom stereocenters. The Morgan fingerprint density at radius 1 is 0.516 bits per heavy atom. The van der Waals surface area contributed by atoms with Crippen molar-refractivity contribution in [3.05, 3.63) is 186 Å². The molecule has 1 N–H and O–H groups in total. The fourth-order valence-corrected chi connectivity index (χ4v) is 11.2. The summed E-state index contributed by atoms with van der Waals surface area (Å²) in [6, 6.07) is 62.4. The highest BCUT2D eigenvalue weighted by Gasteiger charge is 2.37. The first kappa shape index (κ1) is 40.2. The van der Waals surface area contributed by atoms with Gasteiger partial charge in [-0.15, -0.1) is 0 Å². The molecule has 2 aliphatic rings. The van der Waals surface area contributed by atoms with Crippen molar-refractivity contribution < 1.29 is 0 Å². The number of para-hydroxylation sites is 1. The smallest absolute Gasteiger partial charge is 0.198 e. The van der Waals surface area contributed by atoms with Crippen LogP contribution in [0.15, 0.2) is 164 Å². The van der Waals surface area contributed by atoms with Gasteiger partial charge in [-0.1, -0.05) is 180 Å². The molecule has 1 aromatic heterocycles. The van der Waals surface area contributed by atoms with E-state index in [-0.39, 0.29) is 5.41 Å². The molecule has 2 nitrogen and oxygen atoms in total. The van der Waals surface area contributed by atoms with Crippen LogP contribution in [0.25, 0.3) is 72.0 Å². The summed E-state index contributed by atoms with van der Waals surface area (Å²) in [5.41, 5.74) is 24.6. The summed E-state index contributed by atoms with van der Waals surface area (Å²) in [6.07, 6.45) is 9.68. The first-order valence-electron chi connectivity index (χ1n) is 23.9. The van der Waals surface area contributed by atoms with Crippen LogP contribution in [-0.4, -0.2) is 11.8 Å². The summed E-state index contributed by atoms with van der Waals surface area (Å²) >= 11 is 0. The van der Waals surface area contributed by atoms with Crippen molar-refractivity contribution >= 4 is 51.4 Å². The maximum atomic E-state index is 4.06. The number of hydrogen-bond donors (Lipinski definition) is 1. The van der Waals surface area contributed by atoms with E-state index in [2.05, 4.69) is 201 Å². The van der Waals surface area contributed by atoms with Crippen molar-refractivity contribution in [2.75, 3.05) is 5.32 Å². The summed E-state index contributed by atoms with van der Waals surface area (Å²) < 4.78 is 2.62. The first-order chi connectivity index (χ1) is 31.4. The third-order valence-corrected chi connectivity index (χ3v) is 14.5. The minimum absolute atomic E-state index is 0.154. The molecule has 1 aliphatic carbocycles. The molecule has 0 spiro atoms.